The first-order valence-electron chi connectivity index (χ1n) is 5.71. The molecule has 0 bridgehead atoms. The molecule has 1 unspecified atom stereocenters. The number of hydrogen-bond donors (Lipinski definition) is 0. The van der Waals surface area contributed by atoms with Crippen LogP contribution in [0.2, 0.25) is 0 Å². The summed E-state index contributed by atoms with van der Waals surface area (Å²) in [6, 6.07) is 13.1. The average molecular weight is 328 g/mol. The molecule has 94 valence electrons. The lowest BCUT2D eigenvalue weighted by Gasteiger charge is -2.12. The van der Waals surface area contributed by atoms with E-state index in [1.807, 2.05) is 31.2 Å². The molecule has 0 aliphatic heterocycles. The number of alkyl halides is 1. The van der Waals surface area contributed by atoms with E-state index in [2.05, 4.69) is 22.0 Å². The fraction of sp³-hybridized carbons (Fsp3) is 0.200. The van der Waals surface area contributed by atoms with Gasteiger partial charge < -0.3 is 0 Å². The first kappa shape index (κ1) is 13.6. The minimum absolute atomic E-state index is 0.239. The summed E-state index contributed by atoms with van der Waals surface area (Å²) in [6.45, 7) is 2.05. The molecule has 2 aromatic carbocycles. The van der Waals surface area contributed by atoms with Crippen molar-refractivity contribution < 1.29 is 4.39 Å². The largest absolute Gasteiger partial charge is 0.206 e. The number of hydrogen-bond acceptors (Lipinski definition) is 0. The van der Waals surface area contributed by atoms with Gasteiger partial charge in [-0.3, -0.25) is 0 Å². The van der Waals surface area contributed by atoms with Crippen LogP contribution in [0.4, 0.5) is 4.39 Å². The third kappa shape index (κ3) is 3.12. The monoisotopic (exact) mass is 326 g/mol. The molecule has 0 saturated heterocycles. The van der Waals surface area contributed by atoms with Crippen LogP contribution in [-0.4, -0.2) is 0 Å². The highest BCUT2D eigenvalue weighted by molar-refractivity contribution is 9.10. The van der Waals surface area contributed by atoms with E-state index in [1.54, 1.807) is 6.07 Å². The molecule has 0 fully saturated rings. The minimum Gasteiger partial charge on any atom is -0.206 e. The normalized spacial score (nSPS) is 12.4. The zero-order chi connectivity index (χ0) is 13.1. The molecule has 3 heteroatoms. The molecule has 0 aliphatic carbocycles. The van der Waals surface area contributed by atoms with Crippen molar-refractivity contribution in [2.75, 3.05) is 0 Å². The molecule has 18 heavy (non-hydrogen) atoms. The summed E-state index contributed by atoms with van der Waals surface area (Å²) in [4.78, 5) is 0. The average Bonchev–Trinajstić information content (AvgIpc) is 2.32. The summed E-state index contributed by atoms with van der Waals surface area (Å²) < 4.78 is 13.9. The van der Waals surface area contributed by atoms with E-state index < -0.39 is 0 Å². The molecule has 0 N–H and O–H groups in total. The van der Waals surface area contributed by atoms with Crippen molar-refractivity contribution in [2.24, 2.45) is 0 Å². The number of rotatable bonds is 3. The highest BCUT2D eigenvalue weighted by Gasteiger charge is 2.14. The fourth-order valence-corrected chi connectivity index (χ4v) is 2.95. The van der Waals surface area contributed by atoms with E-state index in [4.69, 9.17) is 11.6 Å². The van der Waals surface area contributed by atoms with Gasteiger partial charge in [-0.15, -0.1) is 11.6 Å². The molecule has 0 nitrogen and oxygen atoms in total. The Morgan fingerprint density at radius 3 is 2.67 bits per heavy atom. The molecule has 0 heterocycles. The van der Waals surface area contributed by atoms with Crippen molar-refractivity contribution in [2.45, 2.75) is 18.7 Å². The Kier molecular flexibility index (Phi) is 4.41. The van der Waals surface area contributed by atoms with Crippen LogP contribution in [0.3, 0.4) is 0 Å². The Labute approximate surface area is 120 Å². The van der Waals surface area contributed by atoms with Crippen molar-refractivity contribution in [3.63, 3.8) is 0 Å². The Hall–Kier alpha value is -0.860. The van der Waals surface area contributed by atoms with Crippen LogP contribution in [0.1, 0.15) is 22.1 Å². The van der Waals surface area contributed by atoms with Gasteiger partial charge in [0.25, 0.3) is 0 Å². The third-order valence-electron chi connectivity index (χ3n) is 2.82. The molecule has 2 rings (SSSR count). The minimum atomic E-state index is -0.276. The van der Waals surface area contributed by atoms with Crippen molar-refractivity contribution in [3.8, 4) is 0 Å². The van der Waals surface area contributed by atoms with Gasteiger partial charge in [0.15, 0.2) is 0 Å². The van der Waals surface area contributed by atoms with Crippen LogP contribution in [0.25, 0.3) is 0 Å². The smallest absolute Gasteiger partial charge is 0.137 e. The third-order valence-corrected chi connectivity index (χ3v) is 4.04. The lowest BCUT2D eigenvalue weighted by molar-refractivity contribution is 0.617. The van der Waals surface area contributed by atoms with Crippen LogP contribution in [-0.2, 0) is 6.42 Å². The Morgan fingerprint density at radius 1 is 1.22 bits per heavy atom. The molecule has 0 radical (unpaired) electrons. The van der Waals surface area contributed by atoms with E-state index in [9.17, 15) is 4.39 Å². The molecule has 0 aliphatic rings. The number of halogens is 3. The van der Waals surface area contributed by atoms with E-state index in [0.717, 1.165) is 11.1 Å². The first-order valence-corrected chi connectivity index (χ1v) is 6.94. The highest BCUT2D eigenvalue weighted by Crippen LogP contribution is 2.32. The van der Waals surface area contributed by atoms with Gasteiger partial charge in [-0.1, -0.05) is 42.0 Å². The second-order valence-electron chi connectivity index (χ2n) is 4.30. The lowest BCUT2D eigenvalue weighted by atomic mass is 10.0. The van der Waals surface area contributed by atoms with Crippen molar-refractivity contribution in [3.05, 3.63) is 69.4 Å². The molecule has 2 aromatic rings. The zero-order valence-electron chi connectivity index (χ0n) is 9.96. The Balaban J connectivity index is 2.22. The van der Waals surface area contributed by atoms with Crippen molar-refractivity contribution in [1.82, 2.24) is 0 Å². The van der Waals surface area contributed by atoms with Gasteiger partial charge in [-0.2, -0.15) is 0 Å². The summed E-state index contributed by atoms with van der Waals surface area (Å²) in [5, 5.41) is -0.239. The summed E-state index contributed by atoms with van der Waals surface area (Å²) in [7, 11) is 0. The topological polar surface area (TPSA) is 0 Å². The van der Waals surface area contributed by atoms with Crippen LogP contribution < -0.4 is 0 Å². The van der Waals surface area contributed by atoms with Crippen molar-refractivity contribution in [1.29, 1.82) is 0 Å². The van der Waals surface area contributed by atoms with Gasteiger partial charge in [0.2, 0.25) is 0 Å². The van der Waals surface area contributed by atoms with Gasteiger partial charge >= 0.3 is 0 Å². The van der Waals surface area contributed by atoms with E-state index in [-0.39, 0.29) is 11.2 Å². The summed E-state index contributed by atoms with van der Waals surface area (Å²) in [5.74, 6) is -0.276. The van der Waals surface area contributed by atoms with E-state index in [0.29, 0.717) is 10.9 Å². The van der Waals surface area contributed by atoms with Gasteiger partial charge in [0.05, 0.1) is 9.85 Å². The van der Waals surface area contributed by atoms with Crippen LogP contribution >= 0.6 is 27.5 Å². The second-order valence-corrected chi connectivity index (χ2v) is 5.62. The first-order chi connectivity index (χ1) is 8.58. The number of benzene rings is 2. The number of aryl methyl sites for hydroxylation is 1. The maximum Gasteiger partial charge on any atom is 0.137 e. The highest BCUT2D eigenvalue weighted by atomic mass is 79.9. The van der Waals surface area contributed by atoms with Crippen LogP contribution in [0, 0.1) is 12.7 Å². The molecule has 0 aromatic heterocycles. The van der Waals surface area contributed by atoms with Crippen LogP contribution in [0.5, 0.6) is 0 Å². The van der Waals surface area contributed by atoms with Gasteiger partial charge in [0, 0.05) is 0 Å². The lowest BCUT2D eigenvalue weighted by Crippen LogP contribution is -1.98. The Morgan fingerprint density at radius 2 is 1.94 bits per heavy atom. The molecule has 0 saturated carbocycles. The maximum atomic E-state index is 13.4. The molecule has 1 atom stereocenters. The zero-order valence-corrected chi connectivity index (χ0v) is 12.3. The Bertz CT molecular complexity index is 554. The fourth-order valence-electron chi connectivity index (χ4n) is 1.92. The summed E-state index contributed by atoms with van der Waals surface area (Å²) in [6.07, 6.45) is 0.686. The van der Waals surface area contributed by atoms with Gasteiger partial charge in [0.1, 0.15) is 5.82 Å². The quantitative estimate of drug-likeness (QED) is 0.660. The van der Waals surface area contributed by atoms with Gasteiger partial charge in [-0.05, 0) is 46.5 Å². The maximum absolute atomic E-state index is 13.4. The molecule has 0 spiro atoms. The summed E-state index contributed by atoms with van der Waals surface area (Å²) in [5.41, 5.74) is 3.15. The van der Waals surface area contributed by atoms with Gasteiger partial charge in [-0.25, -0.2) is 4.39 Å². The van der Waals surface area contributed by atoms with Crippen molar-refractivity contribution >= 4 is 27.5 Å². The SMILES string of the molecule is Cc1cccc(CC(Cl)c2cccc(F)c2Br)c1. The molecular weight excluding hydrogens is 315 g/mol. The van der Waals surface area contributed by atoms with E-state index >= 15 is 0 Å². The molecule has 0 amide bonds. The predicted molar refractivity (Wildman–Crippen MR) is 77.6 cm³/mol. The second kappa shape index (κ2) is 5.85. The molecular formula is C15H13BrClF. The summed E-state index contributed by atoms with van der Waals surface area (Å²) >= 11 is 9.62. The van der Waals surface area contributed by atoms with E-state index in [1.165, 1.54) is 11.6 Å². The van der Waals surface area contributed by atoms with Crippen LogP contribution in [0.15, 0.2) is 46.9 Å². The predicted octanol–water partition coefficient (Wildman–Crippen LogP) is 5.42. The standard InChI is InChI=1S/C15H13BrClF/c1-10-4-2-5-11(8-10)9-13(17)12-6-3-7-14(18)15(12)16/h2-8,13H,9H2,1H3.